The molecule has 108 valence electrons. The molecule has 1 unspecified atom stereocenters. The number of rotatable bonds is 8. The molecule has 0 aromatic carbocycles. The van der Waals surface area contributed by atoms with E-state index in [0.717, 1.165) is 25.1 Å². The molecule has 1 heterocycles. The van der Waals surface area contributed by atoms with Crippen molar-refractivity contribution in [1.82, 2.24) is 9.97 Å². The first-order valence-electron chi connectivity index (χ1n) is 6.92. The lowest BCUT2D eigenvalue weighted by Gasteiger charge is -2.15. The van der Waals surface area contributed by atoms with Crippen LogP contribution in [0.15, 0.2) is 6.07 Å². The molecule has 0 saturated heterocycles. The standard InChI is InChI=1S/C14H25N3O2/c1-5-12(6-7-18)9-15-14-16-11(4)8-13(17-14)19-10(2)3/h8,10,12,18H,5-7,9H2,1-4H3,(H,15,16,17). The van der Waals surface area contributed by atoms with Crippen LogP contribution in [0.5, 0.6) is 5.88 Å². The van der Waals surface area contributed by atoms with Crippen molar-refractivity contribution < 1.29 is 9.84 Å². The first kappa shape index (κ1) is 15.7. The summed E-state index contributed by atoms with van der Waals surface area (Å²) in [5.74, 6) is 1.62. The van der Waals surface area contributed by atoms with Crippen LogP contribution in [-0.2, 0) is 0 Å². The van der Waals surface area contributed by atoms with Crippen LogP contribution in [0.3, 0.4) is 0 Å². The Balaban J connectivity index is 2.64. The summed E-state index contributed by atoms with van der Waals surface area (Å²) < 4.78 is 5.59. The van der Waals surface area contributed by atoms with E-state index in [1.165, 1.54) is 0 Å². The normalized spacial score (nSPS) is 12.5. The van der Waals surface area contributed by atoms with E-state index in [1.54, 1.807) is 0 Å². The van der Waals surface area contributed by atoms with Crippen LogP contribution in [0.1, 0.15) is 39.3 Å². The third-order valence-corrected chi connectivity index (χ3v) is 2.85. The van der Waals surface area contributed by atoms with Crippen molar-refractivity contribution in [3.05, 3.63) is 11.8 Å². The zero-order chi connectivity index (χ0) is 14.3. The maximum atomic E-state index is 8.97. The first-order chi connectivity index (χ1) is 9.05. The molecule has 2 N–H and O–H groups in total. The highest BCUT2D eigenvalue weighted by Crippen LogP contribution is 2.15. The van der Waals surface area contributed by atoms with E-state index in [0.29, 0.717) is 17.7 Å². The molecule has 5 heteroatoms. The van der Waals surface area contributed by atoms with Crippen molar-refractivity contribution in [2.24, 2.45) is 5.92 Å². The van der Waals surface area contributed by atoms with Crippen LogP contribution in [0, 0.1) is 12.8 Å². The number of aryl methyl sites for hydroxylation is 1. The summed E-state index contributed by atoms with van der Waals surface area (Å²) in [5.41, 5.74) is 0.878. The van der Waals surface area contributed by atoms with Gasteiger partial charge in [0.25, 0.3) is 0 Å². The minimum absolute atomic E-state index is 0.0972. The lowest BCUT2D eigenvalue weighted by atomic mass is 10.0. The molecule has 1 aromatic rings. The second-order valence-electron chi connectivity index (χ2n) is 5.01. The predicted octanol–water partition coefficient (Wildman–Crippen LogP) is 2.39. The van der Waals surface area contributed by atoms with Crippen molar-refractivity contribution in [3.63, 3.8) is 0 Å². The number of nitrogens with one attached hydrogen (secondary N) is 1. The summed E-state index contributed by atoms with van der Waals surface area (Å²) in [5, 5.41) is 12.2. The number of aliphatic hydroxyl groups excluding tert-OH is 1. The van der Waals surface area contributed by atoms with Crippen LogP contribution in [0.4, 0.5) is 5.95 Å². The van der Waals surface area contributed by atoms with Gasteiger partial charge in [-0.2, -0.15) is 4.98 Å². The van der Waals surface area contributed by atoms with Crippen LogP contribution >= 0.6 is 0 Å². The van der Waals surface area contributed by atoms with Gasteiger partial charge in [0.1, 0.15) is 0 Å². The van der Waals surface area contributed by atoms with Gasteiger partial charge >= 0.3 is 0 Å². The third-order valence-electron chi connectivity index (χ3n) is 2.85. The van der Waals surface area contributed by atoms with Gasteiger partial charge in [0.05, 0.1) is 6.10 Å². The smallest absolute Gasteiger partial charge is 0.226 e. The fourth-order valence-corrected chi connectivity index (χ4v) is 1.79. The summed E-state index contributed by atoms with van der Waals surface area (Å²) in [7, 11) is 0. The lowest BCUT2D eigenvalue weighted by Crippen LogP contribution is -2.17. The molecule has 0 amide bonds. The maximum Gasteiger partial charge on any atom is 0.226 e. The summed E-state index contributed by atoms with van der Waals surface area (Å²) in [6.45, 7) is 8.97. The van der Waals surface area contributed by atoms with Gasteiger partial charge in [-0.3, -0.25) is 0 Å². The van der Waals surface area contributed by atoms with Gasteiger partial charge < -0.3 is 15.2 Å². The highest BCUT2D eigenvalue weighted by molar-refractivity contribution is 5.30. The Morgan fingerprint density at radius 2 is 2.11 bits per heavy atom. The van der Waals surface area contributed by atoms with E-state index < -0.39 is 0 Å². The molecule has 1 rings (SSSR count). The topological polar surface area (TPSA) is 67.3 Å². The number of hydrogen-bond acceptors (Lipinski definition) is 5. The molecule has 0 spiro atoms. The molecule has 0 aliphatic rings. The number of nitrogens with zero attached hydrogens (tertiary/aromatic N) is 2. The van der Waals surface area contributed by atoms with Crippen LogP contribution in [-0.4, -0.2) is 34.3 Å². The zero-order valence-electron chi connectivity index (χ0n) is 12.3. The van der Waals surface area contributed by atoms with Gasteiger partial charge in [0.15, 0.2) is 0 Å². The van der Waals surface area contributed by atoms with Crippen molar-refractivity contribution in [2.45, 2.75) is 46.6 Å². The monoisotopic (exact) mass is 267 g/mol. The number of hydrogen-bond donors (Lipinski definition) is 2. The number of anilines is 1. The molecule has 0 saturated carbocycles. The molecule has 0 fully saturated rings. The van der Waals surface area contributed by atoms with Crippen LogP contribution in [0.2, 0.25) is 0 Å². The first-order valence-corrected chi connectivity index (χ1v) is 6.92. The summed E-state index contributed by atoms with van der Waals surface area (Å²) in [6.07, 6.45) is 1.92. The average molecular weight is 267 g/mol. The van der Waals surface area contributed by atoms with E-state index in [2.05, 4.69) is 22.2 Å². The van der Waals surface area contributed by atoms with Crippen molar-refractivity contribution in [1.29, 1.82) is 0 Å². The minimum atomic E-state index is 0.0972. The van der Waals surface area contributed by atoms with Gasteiger partial charge in [0, 0.05) is 24.9 Å². The molecule has 1 atom stereocenters. The fraction of sp³-hybridized carbons (Fsp3) is 0.714. The molecule has 1 aromatic heterocycles. The Morgan fingerprint density at radius 3 is 2.68 bits per heavy atom. The molecule has 5 nitrogen and oxygen atoms in total. The Kier molecular flexibility index (Phi) is 6.56. The summed E-state index contributed by atoms with van der Waals surface area (Å²) in [4.78, 5) is 8.68. The van der Waals surface area contributed by atoms with E-state index in [4.69, 9.17) is 9.84 Å². The summed E-state index contributed by atoms with van der Waals surface area (Å²) >= 11 is 0. The third kappa shape index (κ3) is 5.87. The Morgan fingerprint density at radius 1 is 1.37 bits per heavy atom. The van der Waals surface area contributed by atoms with Crippen LogP contribution in [0.25, 0.3) is 0 Å². The second kappa shape index (κ2) is 7.94. The van der Waals surface area contributed by atoms with E-state index in [9.17, 15) is 0 Å². The van der Waals surface area contributed by atoms with Crippen molar-refractivity contribution >= 4 is 5.95 Å². The maximum absolute atomic E-state index is 8.97. The highest BCUT2D eigenvalue weighted by Gasteiger charge is 2.08. The van der Waals surface area contributed by atoms with Gasteiger partial charge in [-0.05, 0) is 33.1 Å². The number of aromatic nitrogens is 2. The molecule has 0 aliphatic heterocycles. The minimum Gasteiger partial charge on any atom is -0.475 e. The quantitative estimate of drug-likeness (QED) is 0.757. The van der Waals surface area contributed by atoms with Crippen LogP contribution < -0.4 is 10.1 Å². The zero-order valence-corrected chi connectivity index (χ0v) is 12.3. The van der Waals surface area contributed by atoms with Gasteiger partial charge in [-0.25, -0.2) is 4.98 Å². The van der Waals surface area contributed by atoms with Crippen molar-refractivity contribution in [2.75, 3.05) is 18.5 Å². The van der Waals surface area contributed by atoms with Gasteiger partial charge in [-0.1, -0.05) is 13.3 Å². The summed E-state index contributed by atoms with van der Waals surface area (Å²) in [6, 6.07) is 1.83. The Hall–Kier alpha value is -1.36. The van der Waals surface area contributed by atoms with Gasteiger partial charge in [0.2, 0.25) is 11.8 Å². The van der Waals surface area contributed by atoms with E-state index >= 15 is 0 Å². The molecule has 0 radical (unpaired) electrons. The molecule has 19 heavy (non-hydrogen) atoms. The highest BCUT2D eigenvalue weighted by atomic mass is 16.5. The lowest BCUT2D eigenvalue weighted by molar-refractivity contribution is 0.232. The largest absolute Gasteiger partial charge is 0.475 e. The average Bonchev–Trinajstić information content (AvgIpc) is 2.33. The SMILES string of the molecule is CCC(CCO)CNc1nc(C)cc(OC(C)C)n1. The molecule has 0 bridgehead atoms. The molecule has 0 aliphatic carbocycles. The Labute approximate surface area is 115 Å². The van der Waals surface area contributed by atoms with Gasteiger partial charge in [-0.15, -0.1) is 0 Å². The van der Waals surface area contributed by atoms with E-state index in [-0.39, 0.29) is 12.7 Å². The Bertz CT molecular complexity index is 383. The van der Waals surface area contributed by atoms with Crippen molar-refractivity contribution in [3.8, 4) is 5.88 Å². The molecular weight excluding hydrogens is 242 g/mol. The number of ether oxygens (including phenoxy) is 1. The number of aliphatic hydroxyl groups is 1. The predicted molar refractivity (Wildman–Crippen MR) is 76.5 cm³/mol. The second-order valence-corrected chi connectivity index (χ2v) is 5.01. The molecular formula is C14H25N3O2. The van der Waals surface area contributed by atoms with E-state index in [1.807, 2.05) is 26.8 Å². The fourth-order valence-electron chi connectivity index (χ4n) is 1.79.